The summed E-state index contributed by atoms with van der Waals surface area (Å²) in [5.74, 6) is 0. The molecule has 0 unspecified atom stereocenters. The molecule has 1 aliphatic heterocycles. The van der Waals surface area contributed by atoms with Gasteiger partial charge in [0.05, 0.1) is 16.4 Å². The van der Waals surface area contributed by atoms with Gasteiger partial charge < -0.3 is 10.2 Å². The van der Waals surface area contributed by atoms with Gasteiger partial charge in [-0.1, -0.05) is 23.7 Å². The van der Waals surface area contributed by atoms with E-state index in [2.05, 4.69) is 39.5 Å². The van der Waals surface area contributed by atoms with Crippen LogP contribution in [0.5, 0.6) is 0 Å². The zero-order chi connectivity index (χ0) is 13.1. The molecule has 0 radical (unpaired) electrons. The van der Waals surface area contributed by atoms with Gasteiger partial charge in [0.2, 0.25) is 0 Å². The number of hydrogen-bond donors (Lipinski definition) is 1. The van der Waals surface area contributed by atoms with Crippen molar-refractivity contribution >= 4 is 23.0 Å². The van der Waals surface area contributed by atoms with Crippen molar-refractivity contribution in [2.75, 3.05) is 23.3 Å². The molecule has 0 spiro atoms. The van der Waals surface area contributed by atoms with Gasteiger partial charge in [-0.05, 0) is 30.2 Å². The molecular weight excluding hydrogens is 258 g/mol. The number of para-hydroxylation sites is 2. The molecule has 2 aromatic rings. The lowest BCUT2D eigenvalue weighted by atomic mass is 10.2. The van der Waals surface area contributed by atoms with E-state index < -0.39 is 0 Å². The van der Waals surface area contributed by atoms with Crippen LogP contribution in [0, 0.1) is 0 Å². The van der Waals surface area contributed by atoms with Gasteiger partial charge in [0.25, 0.3) is 0 Å². The summed E-state index contributed by atoms with van der Waals surface area (Å²) < 4.78 is 0. The number of anilines is 2. The molecule has 19 heavy (non-hydrogen) atoms. The minimum absolute atomic E-state index is 0.734. The second-order valence-corrected chi connectivity index (χ2v) is 5.09. The normalized spacial score (nSPS) is 14.5. The molecule has 98 valence electrons. The summed E-state index contributed by atoms with van der Waals surface area (Å²) in [6.45, 7) is 2.86. The van der Waals surface area contributed by atoms with Crippen LogP contribution >= 0.6 is 11.6 Å². The number of fused-ring (bicyclic) bond motifs is 1. The van der Waals surface area contributed by atoms with E-state index in [-0.39, 0.29) is 0 Å². The molecule has 0 bridgehead atoms. The summed E-state index contributed by atoms with van der Waals surface area (Å²) in [5.41, 5.74) is 3.56. The Labute approximate surface area is 118 Å². The van der Waals surface area contributed by atoms with Crippen LogP contribution in [0.1, 0.15) is 12.0 Å². The summed E-state index contributed by atoms with van der Waals surface area (Å²) in [6, 6.07) is 10.4. The largest absolute Gasteiger partial charge is 0.383 e. The van der Waals surface area contributed by atoms with Gasteiger partial charge in [0.1, 0.15) is 0 Å². The first-order valence-corrected chi connectivity index (χ1v) is 6.88. The quantitative estimate of drug-likeness (QED) is 0.907. The van der Waals surface area contributed by atoms with E-state index in [0.29, 0.717) is 0 Å². The first-order chi connectivity index (χ1) is 9.34. The Bertz CT molecular complexity index is 571. The first kappa shape index (κ1) is 12.3. The lowest BCUT2D eigenvalue weighted by Crippen LogP contribution is -2.23. The Morgan fingerprint density at radius 2 is 2.16 bits per heavy atom. The van der Waals surface area contributed by atoms with E-state index >= 15 is 0 Å². The Morgan fingerprint density at radius 3 is 3.05 bits per heavy atom. The van der Waals surface area contributed by atoms with Crippen LogP contribution in [-0.4, -0.2) is 18.1 Å². The monoisotopic (exact) mass is 273 g/mol. The number of hydrogen-bond acceptors (Lipinski definition) is 3. The number of nitrogens with one attached hydrogen (secondary N) is 1. The van der Waals surface area contributed by atoms with Crippen LogP contribution in [0.2, 0.25) is 5.02 Å². The Morgan fingerprint density at radius 1 is 1.26 bits per heavy atom. The third-order valence-electron chi connectivity index (χ3n) is 3.38. The van der Waals surface area contributed by atoms with Crippen molar-refractivity contribution in [2.45, 2.75) is 13.0 Å². The number of halogens is 1. The molecule has 3 rings (SSSR count). The molecule has 1 N–H and O–H groups in total. The summed E-state index contributed by atoms with van der Waals surface area (Å²) >= 11 is 6.21. The van der Waals surface area contributed by atoms with Crippen molar-refractivity contribution in [3.63, 3.8) is 0 Å². The molecule has 0 saturated carbocycles. The third-order valence-corrected chi connectivity index (χ3v) is 3.72. The molecule has 4 heteroatoms. The lowest BCUT2D eigenvalue weighted by molar-refractivity contribution is 0.763. The highest BCUT2D eigenvalue weighted by Crippen LogP contribution is 2.30. The molecule has 0 saturated heterocycles. The summed E-state index contributed by atoms with van der Waals surface area (Å²) in [6.07, 6.45) is 4.62. The zero-order valence-electron chi connectivity index (χ0n) is 10.6. The molecule has 1 aliphatic rings. The van der Waals surface area contributed by atoms with Crippen LogP contribution in [0.4, 0.5) is 11.4 Å². The summed E-state index contributed by atoms with van der Waals surface area (Å²) in [4.78, 5) is 6.41. The van der Waals surface area contributed by atoms with Gasteiger partial charge in [-0.3, -0.25) is 4.98 Å². The molecule has 1 aromatic carbocycles. The van der Waals surface area contributed by atoms with Crippen molar-refractivity contribution in [3.05, 3.63) is 53.3 Å². The predicted octanol–water partition coefficient (Wildman–Crippen LogP) is 3.56. The maximum Gasteiger partial charge on any atom is 0.0639 e. The Hall–Kier alpha value is -1.74. The standard InChI is InChI=1S/C15H16ClN3/c16-13-10-17-8-6-12(13)11-19-9-3-7-18-14-4-1-2-5-15(14)19/h1-2,4-6,8,10,18H,3,7,9,11H2. The molecule has 0 atom stereocenters. The van der Waals surface area contributed by atoms with E-state index in [4.69, 9.17) is 11.6 Å². The number of benzene rings is 1. The van der Waals surface area contributed by atoms with Crippen molar-refractivity contribution in [2.24, 2.45) is 0 Å². The second kappa shape index (κ2) is 5.49. The maximum atomic E-state index is 6.21. The molecule has 1 aromatic heterocycles. The molecule has 3 nitrogen and oxygen atoms in total. The minimum Gasteiger partial charge on any atom is -0.383 e. The van der Waals surface area contributed by atoms with Gasteiger partial charge >= 0.3 is 0 Å². The number of rotatable bonds is 2. The van der Waals surface area contributed by atoms with Gasteiger partial charge in [-0.25, -0.2) is 0 Å². The molecule has 0 amide bonds. The number of aromatic nitrogens is 1. The lowest BCUT2D eigenvalue weighted by Gasteiger charge is -2.24. The molecule has 2 heterocycles. The topological polar surface area (TPSA) is 28.2 Å². The van der Waals surface area contributed by atoms with Crippen molar-refractivity contribution in [1.29, 1.82) is 0 Å². The highest BCUT2D eigenvalue weighted by Gasteiger charge is 2.15. The molecule has 0 aliphatic carbocycles. The van der Waals surface area contributed by atoms with Crippen LogP contribution in [-0.2, 0) is 6.54 Å². The molecule has 0 fully saturated rings. The second-order valence-electron chi connectivity index (χ2n) is 4.69. The van der Waals surface area contributed by atoms with Gasteiger partial charge in [0, 0.05) is 32.0 Å². The SMILES string of the molecule is Clc1cnccc1CN1CCCNc2ccccc21. The highest BCUT2D eigenvalue weighted by molar-refractivity contribution is 6.31. The van der Waals surface area contributed by atoms with E-state index in [1.807, 2.05) is 6.07 Å². The average molecular weight is 274 g/mol. The van der Waals surface area contributed by atoms with Gasteiger partial charge in [-0.2, -0.15) is 0 Å². The van der Waals surface area contributed by atoms with E-state index in [1.165, 1.54) is 11.4 Å². The van der Waals surface area contributed by atoms with Crippen molar-refractivity contribution in [3.8, 4) is 0 Å². The van der Waals surface area contributed by atoms with Crippen LogP contribution in [0.15, 0.2) is 42.7 Å². The Balaban J connectivity index is 1.91. The van der Waals surface area contributed by atoms with E-state index in [0.717, 1.165) is 36.6 Å². The highest BCUT2D eigenvalue weighted by atomic mass is 35.5. The summed E-state index contributed by atoms with van der Waals surface area (Å²) in [7, 11) is 0. The van der Waals surface area contributed by atoms with Gasteiger partial charge in [0.15, 0.2) is 0 Å². The van der Waals surface area contributed by atoms with Crippen molar-refractivity contribution in [1.82, 2.24) is 4.98 Å². The first-order valence-electron chi connectivity index (χ1n) is 6.51. The smallest absolute Gasteiger partial charge is 0.0639 e. The van der Waals surface area contributed by atoms with Gasteiger partial charge in [-0.15, -0.1) is 0 Å². The van der Waals surface area contributed by atoms with E-state index in [9.17, 15) is 0 Å². The number of pyridine rings is 1. The van der Waals surface area contributed by atoms with Crippen molar-refractivity contribution < 1.29 is 0 Å². The zero-order valence-corrected chi connectivity index (χ0v) is 11.4. The van der Waals surface area contributed by atoms with Crippen LogP contribution in [0.3, 0.4) is 0 Å². The molecular formula is C15H16ClN3. The maximum absolute atomic E-state index is 6.21. The minimum atomic E-state index is 0.734. The Kier molecular flexibility index (Phi) is 3.56. The third kappa shape index (κ3) is 2.66. The predicted molar refractivity (Wildman–Crippen MR) is 79.8 cm³/mol. The number of nitrogens with zero attached hydrogens (tertiary/aromatic N) is 2. The van der Waals surface area contributed by atoms with Crippen LogP contribution in [0.25, 0.3) is 0 Å². The fraction of sp³-hybridized carbons (Fsp3) is 0.267. The fourth-order valence-corrected chi connectivity index (χ4v) is 2.59. The fourth-order valence-electron chi connectivity index (χ4n) is 2.41. The summed E-state index contributed by atoms with van der Waals surface area (Å²) in [5, 5.41) is 4.20. The van der Waals surface area contributed by atoms with E-state index in [1.54, 1.807) is 12.4 Å². The van der Waals surface area contributed by atoms with Crippen LogP contribution < -0.4 is 10.2 Å². The average Bonchev–Trinajstić information content (AvgIpc) is 2.64.